The van der Waals surface area contributed by atoms with Crippen molar-refractivity contribution < 1.29 is 9.53 Å². The van der Waals surface area contributed by atoms with Gasteiger partial charge in [0.2, 0.25) is 5.91 Å². The maximum atomic E-state index is 11.8. The van der Waals surface area contributed by atoms with Crippen LogP contribution in [-0.2, 0) is 17.9 Å². The average molecular weight is 368 g/mol. The van der Waals surface area contributed by atoms with E-state index in [2.05, 4.69) is 15.6 Å². The highest BCUT2D eigenvalue weighted by Crippen LogP contribution is 2.15. The number of benzene rings is 2. The lowest BCUT2D eigenvalue weighted by Crippen LogP contribution is -2.42. The number of nitrogens with one attached hydrogen (secondary N) is 2. The van der Waals surface area contributed by atoms with Crippen LogP contribution in [0.1, 0.15) is 18.1 Å². The number of hydrogen-bond donors (Lipinski definition) is 2. The Morgan fingerprint density at radius 1 is 1.00 bits per heavy atom. The van der Waals surface area contributed by atoms with E-state index in [0.29, 0.717) is 19.1 Å². The molecule has 0 saturated heterocycles. The van der Waals surface area contributed by atoms with E-state index >= 15 is 0 Å². The molecule has 0 aliphatic heterocycles. The second kappa shape index (κ2) is 10.9. The van der Waals surface area contributed by atoms with Crippen LogP contribution >= 0.6 is 0 Å². The number of ether oxygens (including phenoxy) is 1. The molecule has 6 heteroatoms. The molecule has 2 aromatic rings. The van der Waals surface area contributed by atoms with Crippen molar-refractivity contribution in [2.75, 3.05) is 27.2 Å². The summed E-state index contributed by atoms with van der Waals surface area (Å²) in [5.41, 5.74) is 2.18. The number of carbonyl (C=O) groups excluding carboxylic acids is 1. The first-order valence-electron chi connectivity index (χ1n) is 9.07. The zero-order valence-electron chi connectivity index (χ0n) is 16.2. The Morgan fingerprint density at radius 2 is 1.67 bits per heavy atom. The number of amides is 1. The number of likely N-dealkylation sites (N-methyl/N-ethyl adjacent to an activating group) is 1. The van der Waals surface area contributed by atoms with Crippen LogP contribution < -0.4 is 15.4 Å². The SMILES string of the molecule is CCNC(=NCc1ccccc1COc1ccccc1)NCC(=O)N(C)C. The molecule has 0 unspecified atom stereocenters. The van der Waals surface area contributed by atoms with Gasteiger partial charge in [-0.2, -0.15) is 0 Å². The monoisotopic (exact) mass is 368 g/mol. The Labute approximate surface area is 161 Å². The number of hydrogen-bond acceptors (Lipinski definition) is 3. The highest BCUT2D eigenvalue weighted by Gasteiger charge is 2.07. The molecule has 2 aromatic carbocycles. The van der Waals surface area contributed by atoms with Crippen molar-refractivity contribution in [3.63, 3.8) is 0 Å². The maximum Gasteiger partial charge on any atom is 0.241 e. The van der Waals surface area contributed by atoms with E-state index in [-0.39, 0.29) is 12.5 Å². The summed E-state index contributed by atoms with van der Waals surface area (Å²) in [6.45, 7) is 3.91. The van der Waals surface area contributed by atoms with Gasteiger partial charge in [0.05, 0.1) is 13.1 Å². The van der Waals surface area contributed by atoms with Crippen molar-refractivity contribution >= 4 is 11.9 Å². The van der Waals surface area contributed by atoms with Crippen LogP contribution in [-0.4, -0.2) is 44.0 Å². The lowest BCUT2D eigenvalue weighted by Gasteiger charge is -2.15. The second-order valence-electron chi connectivity index (χ2n) is 6.21. The summed E-state index contributed by atoms with van der Waals surface area (Å²) < 4.78 is 5.86. The Bertz CT molecular complexity index is 745. The van der Waals surface area contributed by atoms with Crippen LogP contribution in [0.15, 0.2) is 59.6 Å². The third-order valence-electron chi connectivity index (χ3n) is 3.91. The maximum absolute atomic E-state index is 11.8. The van der Waals surface area contributed by atoms with Gasteiger partial charge in [-0.25, -0.2) is 4.99 Å². The third kappa shape index (κ3) is 7.01. The molecule has 0 aliphatic carbocycles. The molecule has 0 aromatic heterocycles. The molecular weight excluding hydrogens is 340 g/mol. The highest BCUT2D eigenvalue weighted by atomic mass is 16.5. The molecule has 2 rings (SSSR count). The van der Waals surface area contributed by atoms with E-state index in [1.807, 2.05) is 61.5 Å². The van der Waals surface area contributed by atoms with Crippen molar-refractivity contribution in [3.8, 4) is 5.75 Å². The van der Waals surface area contributed by atoms with Gasteiger partial charge in [0.15, 0.2) is 5.96 Å². The lowest BCUT2D eigenvalue weighted by molar-refractivity contribution is -0.127. The van der Waals surface area contributed by atoms with Crippen molar-refractivity contribution in [3.05, 3.63) is 65.7 Å². The molecule has 0 aliphatic rings. The molecule has 0 saturated carbocycles. The van der Waals surface area contributed by atoms with E-state index in [0.717, 1.165) is 23.4 Å². The molecule has 0 bridgehead atoms. The molecule has 6 nitrogen and oxygen atoms in total. The van der Waals surface area contributed by atoms with Crippen LogP contribution in [0.5, 0.6) is 5.75 Å². The number of guanidine groups is 1. The number of rotatable bonds is 8. The van der Waals surface area contributed by atoms with Crippen LogP contribution in [0, 0.1) is 0 Å². The van der Waals surface area contributed by atoms with Crippen LogP contribution in [0.3, 0.4) is 0 Å². The number of para-hydroxylation sites is 1. The van der Waals surface area contributed by atoms with E-state index in [1.54, 1.807) is 19.0 Å². The minimum Gasteiger partial charge on any atom is -0.489 e. The minimum atomic E-state index is -0.00253. The predicted octanol–water partition coefficient (Wildman–Crippen LogP) is 2.41. The molecule has 2 N–H and O–H groups in total. The Hall–Kier alpha value is -3.02. The number of carbonyl (C=O) groups is 1. The standard InChI is InChI=1S/C21H28N4O2/c1-4-22-21(24-15-20(26)25(2)3)23-14-17-10-8-9-11-18(17)16-27-19-12-6-5-7-13-19/h5-13H,4,14-16H2,1-3H3,(H2,22,23,24). The van der Waals surface area contributed by atoms with Gasteiger partial charge >= 0.3 is 0 Å². The fourth-order valence-electron chi connectivity index (χ4n) is 2.35. The molecule has 0 fully saturated rings. The Morgan fingerprint density at radius 3 is 2.33 bits per heavy atom. The summed E-state index contributed by atoms with van der Waals surface area (Å²) in [6, 6.07) is 17.8. The Balaban J connectivity index is 2.01. The van der Waals surface area contributed by atoms with Gasteiger partial charge in [-0.1, -0.05) is 42.5 Å². The first-order valence-corrected chi connectivity index (χ1v) is 9.07. The predicted molar refractivity (Wildman–Crippen MR) is 109 cm³/mol. The molecule has 0 spiro atoms. The van der Waals surface area contributed by atoms with Gasteiger partial charge in [-0.05, 0) is 30.2 Å². The topological polar surface area (TPSA) is 66.0 Å². The first kappa shape index (κ1) is 20.3. The summed E-state index contributed by atoms with van der Waals surface area (Å²) >= 11 is 0. The summed E-state index contributed by atoms with van der Waals surface area (Å²) in [4.78, 5) is 17.9. The first-order chi connectivity index (χ1) is 13.1. The zero-order valence-corrected chi connectivity index (χ0v) is 16.2. The molecule has 0 atom stereocenters. The van der Waals surface area contributed by atoms with Gasteiger partial charge in [-0.3, -0.25) is 4.79 Å². The average Bonchev–Trinajstić information content (AvgIpc) is 2.69. The lowest BCUT2D eigenvalue weighted by atomic mass is 10.1. The van der Waals surface area contributed by atoms with E-state index < -0.39 is 0 Å². The molecule has 0 heterocycles. The van der Waals surface area contributed by atoms with E-state index in [9.17, 15) is 4.79 Å². The minimum absolute atomic E-state index is 0.00253. The fourth-order valence-corrected chi connectivity index (χ4v) is 2.35. The third-order valence-corrected chi connectivity index (χ3v) is 3.91. The quantitative estimate of drug-likeness (QED) is 0.555. The van der Waals surface area contributed by atoms with Crippen LogP contribution in [0.25, 0.3) is 0 Å². The van der Waals surface area contributed by atoms with E-state index in [1.165, 1.54) is 0 Å². The van der Waals surface area contributed by atoms with Gasteiger partial charge in [0, 0.05) is 20.6 Å². The molecular formula is C21H28N4O2. The van der Waals surface area contributed by atoms with Crippen molar-refractivity contribution in [1.82, 2.24) is 15.5 Å². The molecule has 27 heavy (non-hydrogen) atoms. The second-order valence-corrected chi connectivity index (χ2v) is 6.21. The normalized spacial score (nSPS) is 11.0. The van der Waals surface area contributed by atoms with Gasteiger partial charge < -0.3 is 20.3 Å². The number of nitrogens with zero attached hydrogens (tertiary/aromatic N) is 2. The van der Waals surface area contributed by atoms with Gasteiger partial charge in [-0.15, -0.1) is 0 Å². The molecule has 0 radical (unpaired) electrons. The van der Waals surface area contributed by atoms with Crippen molar-refractivity contribution in [2.24, 2.45) is 4.99 Å². The van der Waals surface area contributed by atoms with Crippen molar-refractivity contribution in [2.45, 2.75) is 20.1 Å². The fraction of sp³-hybridized carbons (Fsp3) is 0.333. The van der Waals surface area contributed by atoms with Gasteiger partial charge in [0.1, 0.15) is 12.4 Å². The summed E-state index contributed by atoms with van der Waals surface area (Å²) in [5.74, 6) is 1.46. The molecule has 144 valence electrons. The molecule has 1 amide bonds. The van der Waals surface area contributed by atoms with Gasteiger partial charge in [0.25, 0.3) is 0 Å². The van der Waals surface area contributed by atoms with E-state index in [4.69, 9.17) is 4.74 Å². The van der Waals surface area contributed by atoms with Crippen LogP contribution in [0.2, 0.25) is 0 Å². The van der Waals surface area contributed by atoms with Crippen LogP contribution in [0.4, 0.5) is 0 Å². The smallest absolute Gasteiger partial charge is 0.241 e. The Kier molecular flexibility index (Phi) is 8.16. The summed E-state index contributed by atoms with van der Waals surface area (Å²) in [7, 11) is 3.47. The summed E-state index contributed by atoms with van der Waals surface area (Å²) in [6.07, 6.45) is 0. The van der Waals surface area contributed by atoms with Crippen molar-refractivity contribution in [1.29, 1.82) is 0 Å². The zero-order chi connectivity index (χ0) is 19.5. The summed E-state index contributed by atoms with van der Waals surface area (Å²) in [5, 5.41) is 6.23. The largest absolute Gasteiger partial charge is 0.489 e. The highest BCUT2D eigenvalue weighted by molar-refractivity contribution is 5.86. The number of aliphatic imine (C=N–C) groups is 1.